The van der Waals surface area contributed by atoms with Gasteiger partial charge >= 0.3 is 5.97 Å². The summed E-state index contributed by atoms with van der Waals surface area (Å²) in [5.74, 6) is -0.633. The first-order valence-corrected chi connectivity index (χ1v) is 6.81. The van der Waals surface area contributed by atoms with Gasteiger partial charge in [-0.05, 0) is 6.92 Å². The number of carboxylic acid groups (broad SMARTS) is 1. The lowest BCUT2D eigenvalue weighted by Gasteiger charge is -2.41. The van der Waals surface area contributed by atoms with Crippen LogP contribution >= 0.6 is 0 Å². The molecule has 0 saturated carbocycles. The average molecular weight is 280 g/mol. The van der Waals surface area contributed by atoms with Gasteiger partial charge in [-0.25, -0.2) is 0 Å². The van der Waals surface area contributed by atoms with E-state index < -0.39 is 11.9 Å². The molecule has 110 valence electrons. The first-order chi connectivity index (χ1) is 9.32. The standard InChI is InChI=1S/C14H20N2O4/c1-7(2)12-11(9(4)15-20-12)13(17)16-5-10(6-16)8(3)14(18)19/h7-8,10H,5-6H2,1-4H3,(H,18,19). The van der Waals surface area contributed by atoms with Crippen LogP contribution in [0.25, 0.3) is 0 Å². The Bertz CT molecular complexity index is 529. The number of aromatic nitrogens is 1. The quantitative estimate of drug-likeness (QED) is 0.910. The van der Waals surface area contributed by atoms with E-state index in [4.69, 9.17) is 9.63 Å². The lowest BCUT2D eigenvalue weighted by atomic mass is 9.86. The van der Waals surface area contributed by atoms with Gasteiger partial charge in [0.25, 0.3) is 5.91 Å². The normalized spacial score (nSPS) is 17.1. The Morgan fingerprint density at radius 2 is 1.95 bits per heavy atom. The summed E-state index contributed by atoms with van der Waals surface area (Å²) >= 11 is 0. The molecule has 0 spiro atoms. The zero-order valence-corrected chi connectivity index (χ0v) is 12.2. The SMILES string of the molecule is Cc1noc(C(C)C)c1C(=O)N1CC(C(C)C(=O)O)C1. The van der Waals surface area contributed by atoms with Crippen LogP contribution in [-0.2, 0) is 4.79 Å². The van der Waals surface area contributed by atoms with Crippen molar-refractivity contribution in [2.24, 2.45) is 11.8 Å². The molecule has 0 aromatic carbocycles. The van der Waals surface area contributed by atoms with Gasteiger partial charge in [-0.1, -0.05) is 25.9 Å². The Kier molecular flexibility index (Phi) is 3.83. The number of amides is 1. The molecule has 1 unspecified atom stereocenters. The maximum absolute atomic E-state index is 12.5. The molecular formula is C14H20N2O4. The predicted octanol–water partition coefficient (Wildman–Crippen LogP) is 1.90. The van der Waals surface area contributed by atoms with Crippen LogP contribution in [0.1, 0.15) is 48.5 Å². The van der Waals surface area contributed by atoms with E-state index in [2.05, 4.69) is 5.16 Å². The van der Waals surface area contributed by atoms with E-state index in [0.29, 0.717) is 30.1 Å². The molecular weight excluding hydrogens is 260 g/mol. The van der Waals surface area contributed by atoms with Crippen molar-refractivity contribution in [3.8, 4) is 0 Å². The van der Waals surface area contributed by atoms with Crippen molar-refractivity contribution in [1.82, 2.24) is 10.1 Å². The second kappa shape index (κ2) is 5.26. The third-order valence-corrected chi connectivity index (χ3v) is 3.92. The molecule has 20 heavy (non-hydrogen) atoms. The van der Waals surface area contributed by atoms with E-state index in [1.54, 1.807) is 18.7 Å². The zero-order valence-electron chi connectivity index (χ0n) is 12.2. The van der Waals surface area contributed by atoms with E-state index in [1.807, 2.05) is 13.8 Å². The number of carboxylic acids is 1. The molecule has 0 bridgehead atoms. The van der Waals surface area contributed by atoms with E-state index in [9.17, 15) is 9.59 Å². The average Bonchev–Trinajstić information content (AvgIpc) is 2.68. The topological polar surface area (TPSA) is 83.6 Å². The van der Waals surface area contributed by atoms with Gasteiger partial charge in [-0.2, -0.15) is 0 Å². The summed E-state index contributed by atoms with van der Waals surface area (Å²) < 4.78 is 5.22. The highest BCUT2D eigenvalue weighted by Gasteiger charge is 2.39. The second-order valence-corrected chi connectivity index (χ2v) is 5.76. The molecule has 1 aromatic rings. The van der Waals surface area contributed by atoms with Gasteiger partial charge in [0.05, 0.1) is 11.6 Å². The molecule has 1 saturated heterocycles. The number of carbonyl (C=O) groups excluding carboxylic acids is 1. The molecule has 1 fully saturated rings. The third kappa shape index (κ3) is 2.42. The summed E-state index contributed by atoms with van der Waals surface area (Å²) in [6.45, 7) is 8.28. The maximum Gasteiger partial charge on any atom is 0.306 e. The number of aliphatic carboxylic acids is 1. The Hall–Kier alpha value is -1.85. The Labute approximate surface area is 117 Å². The van der Waals surface area contributed by atoms with Gasteiger partial charge in [0.15, 0.2) is 5.76 Å². The van der Waals surface area contributed by atoms with E-state index in [0.717, 1.165) is 0 Å². The van der Waals surface area contributed by atoms with Gasteiger partial charge in [-0.3, -0.25) is 9.59 Å². The summed E-state index contributed by atoms with van der Waals surface area (Å²) in [6.07, 6.45) is 0. The largest absolute Gasteiger partial charge is 0.481 e. The number of aryl methyl sites for hydroxylation is 1. The van der Waals surface area contributed by atoms with Crippen LogP contribution in [0, 0.1) is 18.8 Å². The predicted molar refractivity (Wildman–Crippen MR) is 71.5 cm³/mol. The number of carbonyl (C=O) groups is 2. The Balaban J connectivity index is 2.08. The number of likely N-dealkylation sites (tertiary alicyclic amines) is 1. The molecule has 1 atom stereocenters. The summed E-state index contributed by atoms with van der Waals surface area (Å²) in [7, 11) is 0. The second-order valence-electron chi connectivity index (χ2n) is 5.76. The van der Waals surface area contributed by atoms with Crippen LogP contribution < -0.4 is 0 Å². The third-order valence-electron chi connectivity index (χ3n) is 3.92. The van der Waals surface area contributed by atoms with Crippen molar-refractivity contribution in [2.45, 2.75) is 33.6 Å². The molecule has 6 heteroatoms. The monoisotopic (exact) mass is 280 g/mol. The van der Waals surface area contributed by atoms with Crippen LogP contribution in [-0.4, -0.2) is 40.1 Å². The van der Waals surface area contributed by atoms with Crippen LogP contribution in [0.2, 0.25) is 0 Å². The lowest BCUT2D eigenvalue weighted by molar-refractivity contribution is -0.144. The number of hydrogen-bond acceptors (Lipinski definition) is 4. The number of rotatable bonds is 4. The maximum atomic E-state index is 12.5. The summed E-state index contributed by atoms with van der Waals surface area (Å²) in [4.78, 5) is 25.0. The van der Waals surface area contributed by atoms with Crippen molar-refractivity contribution in [3.05, 3.63) is 17.0 Å². The van der Waals surface area contributed by atoms with Gasteiger partial charge in [0.1, 0.15) is 5.56 Å². The Morgan fingerprint density at radius 1 is 1.35 bits per heavy atom. The molecule has 1 aliphatic rings. The Morgan fingerprint density at radius 3 is 2.45 bits per heavy atom. The van der Waals surface area contributed by atoms with Gasteiger partial charge < -0.3 is 14.5 Å². The smallest absolute Gasteiger partial charge is 0.306 e. The van der Waals surface area contributed by atoms with Crippen LogP contribution in [0.3, 0.4) is 0 Å². The first kappa shape index (κ1) is 14.6. The molecule has 1 aromatic heterocycles. The van der Waals surface area contributed by atoms with Crippen molar-refractivity contribution in [2.75, 3.05) is 13.1 Å². The van der Waals surface area contributed by atoms with E-state index >= 15 is 0 Å². The zero-order chi connectivity index (χ0) is 15.0. The molecule has 1 amide bonds. The minimum atomic E-state index is -0.814. The summed E-state index contributed by atoms with van der Waals surface area (Å²) in [5, 5.41) is 12.8. The molecule has 2 rings (SSSR count). The van der Waals surface area contributed by atoms with E-state index in [-0.39, 0.29) is 17.7 Å². The fourth-order valence-corrected chi connectivity index (χ4v) is 2.40. The molecule has 2 heterocycles. The molecule has 1 aliphatic heterocycles. The van der Waals surface area contributed by atoms with Crippen molar-refractivity contribution >= 4 is 11.9 Å². The summed E-state index contributed by atoms with van der Waals surface area (Å²) in [6, 6.07) is 0. The van der Waals surface area contributed by atoms with Crippen molar-refractivity contribution < 1.29 is 19.2 Å². The van der Waals surface area contributed by atoms with Crippen molar-refractivity contribution in [3.63, 3.8) is 0 Å². The summed E-state index contributed by atoms with van der Waals surface area (Å²) in [5.41, 5.74) is 1.12. The van der Waals surface area contributed by atoms with Gasteiger partial charge in [-0.15, -0.1) is 0 Å². The fraction of sp³-hybridized carbons (Fsp3) is 0.643. The minimum absolute atomic E-state index is 0.0270. The molecule has 1 N–H and O–H groups in total. The first-order valence-electron chi connectivity index (χ1n) is 6.81. The number of hydrogen-bond donors (Lipinski definition) is 1. The minimum Gasteiger partial charge on any atom is -0.481 e. The highest BCUT2D eigenvalue weighted by molar-refractivity contribution is 5.97. The number of nitrogens with zero attached hydrogens (tertiary/aromatic N) is 2. The fourth-order valence-electron chi connectivity index (χ4n) is 2.40. The highest BCUT2D eigenvalue weighted by Crippen LogP contribution is 2.29. The van der Waals surface area contributed by atoms with Gasteiger partial charge in [0.2, 0.25) is 0 Å². The van der Waals surface area contributed by atoms with Crippen LogP contribution in [0.5, 0.6) is 0 Å². The van der Waals surface area contributed by atoms with E-state index in [1.165, 1.54) is 0 Å². The van der Waals surface area contributed by atoms with Crippen LogP contribution in [0.4, 0.5) is 0 Å². The molecule has 0 aliphatic carbocycles. The van der Waals surface area contributed by atoms with Crippen molar-refractivity contribution in [1.29, 1.82) is 0 Å². The van der Waals surface area contributed by atoms with Gasteiger partial charge in [0, 0.05) is 24.9 Å². The highest BCUT2D eigenvalue weighted by atomic mass is 16.5. The molecule has 0 radical (unpaired) electrons. The lowest BCUT2D eigenvalue weighted by Crippen LogP contribution is -2.53. The molecule has 6 nitrogen and oxygen atoms in total. The van der Waals surface area contributed by atoms with Crippen LogP contribution in [0.15, 0.2) is 4.52 Å².